The van der Waals surface area contributed by atoms with Crippen LogP contribution in [0.5, 0.6) is 0 Å². The van der Waals surface area contributed by atoms with Crippen LogP contribution < -0.4 is 0 Å². The van der Waals surface area contributed by atoms with Crippen LogP contribution in [0.15, 0.2) is 53.7 Å². The van der Waals surface area contributed by atoms with Crippen LogP contribution in [0.1, 0.15) is 30.5 Å². The van der Waals surface area contributed by atoms with E-state index in [0.717, 1.165) is 5.56 Å². The first-order valence-corrected chi connectivity index (χ1v) is 10.8. The van der Waals surface area contributed by atoms with Crippen molar-refractivity contribution < 1.29 is 17.9 Å². The number of rotatable bonds is 5. The monoisotopic (exact) mass is 418 g/mol. The second-order valence-corrected chi connectivity index (χ2v) is 9.78. The zero-order valence-electron chi connectivity index (χ0n) is 15.3. The molecule has 8 heteroatoms. The summed E-state index contributed by atoms with van der Waals surface area (Å²) in [4.78, 5) is 17.3. The number of imidazole rings is 1. The number of fused-ring (bicyclic) bond motifs is 1. The lowest BCUT2D eigenvalue weighted by molar-refractivity contribution is -0.150. The van der Waals surface area contributed by atoms with E-state index in [9.17, 15) is 13.2 Å². The van der Waals surface area contributed by atoms with E-state index in [2.05, 4.69) is 4.98 Å². The molecule has 1 aliphatic carbocycles. The van der Waals surface area contributed by atoms with Crippen molar-refractivity contribution in [1.29, 1.82) is 0 Å². The number of ether oxygens (including phenoxy) is 1. The van der Waals surface area contributed by atoms with E-state index < -0.39 is 20.6 Å². The lowest BCUT2D eigenvalue weighted by Crippen LogP contribution is -2.52. The van der Waals surface area contributed by atoms with Crippen LogP contribution in [-0.2, 0) is 26.0 Å². The Labute approximate surface area is 168 Å². The van der Waals surface area contributed by atoms with Gasteiger partial charge in [-0.15, -0.1) is 0 Å². The fraction of sp³-hybridized carbons (Fsp3) is 0.300. The largest absolute Gasteiger partial charge is 0.458 e. The second-order valence-electron chi connectivity index (χ2n) is 7.09. The van der Waals surface area contributed by atoms with Crippen molar-refractivity contribution in [1.82, 2.24) is 9.38 Å². The molecule has 0 spiro atoms. The average molecular weight is 419 g/mol. The minimum atomic E-state index is -3.83. The third-order valence-electron chi connectivity index (χ3n) is 5.19. The summed E-state index contributed by atoms with van der Waals surface area (Å²) in [7, 11) is -3.83. The maximum absolute atomic E-state index is 13.1. The predicted molar refractivity (Wildman–Crippen MR) is 105 cm³/mol. The van der Waals surface area contributed by atoms with Crippen molar-refractivity contribution in [3.8, 4) is 0 Å². The molecular weight excluding hydrogens is 400 g/mol. The first-order valence-electron chi connectivity index (χ1n) is 8.93. The summed E-state index contributed by atoms with van der Waals surface area (Å²) in [6, 6.07) is 10.0. The highest BCUT2D eigenvalue weighted by Crippen LogP contribution is 2.44. The molecule has 0 amide bonds. The maximum atomic E-state index is 13.1. The van der Waals surface area contributed by atoms with E-state index in [1.54, 1.807) is 53.2 Å². The molecule has 0 N–H and O–H groups in total. The number of benzene rings is 1. The summed E-state index contributed by atoms with van der Waals surface area (Å²) < 4.78 is 31.9. The van der Waals surface area contributed by atoms with Crippen molar-refractivity contribution >= 4 is 33.1 Å². The Morgan fingerprint density at radius 2 is 1.89 bits per heavy atom. The number of aromatic nitrogens is 2. The van der Waals surface area contributed by atoms with Crippen molar-refractivity contribution in [3.05, 3.63) is 65.1 Å². The highest BCUT2D eigenvalue weighted by Gasteiger charge is 2.57. The predicted octanol–water partition coefficient (Wildman–Crippen LogP) is 3.74. The van der Waals surface area contributed by atoms with Gasteiger partial charge in [0, 0.05) is 12.4 Å². The minimum Gasteiger partial charge on any atom is -0.458 e. The highest BCUT2D eigenvalue weighted by atomic mass is 35.5. The summed E-state index contributed by atoms with van der Waals surface area (Å²) >= 11 is 5.96. The maximum Gasteiger partial charge on any atom is 0.328 e. The fourth-order valence-corrected chi connectivity index (χ4v) is 5.60. The molecule has 146 valence electrons. The lowest BCUT2D eigenvalue weighted by atomic mass is 9.84. The van der Waals surface area contributed by atoms with Gasteiger partial charge in [-0.3, -0.25) is 4.79 Å². The third kappa shape index (κ3) is 3.08. The van der Waals surface area contributed by atoms with E-state index >= 15 is 0 Å². The summed E-state index contributed by atoms with van der Waals surface area (Å²) in [5, 5.41) is 0.561. The molecule has 1 aliphatic rings. The average Bonchev–Trinajstić information content (AvgIpc) is 3.01. The molecule has 1 aromatic carbocycles. The van der Waals surface area contributed by atoms with Crippen molar-refractivity contribution in [2.45, 2.75) is 42.4 Å². The van der Waals surface area contributed by atoms with Gasteiger partial charge in [-0.05, 0) is 50.5 Å². The molecule has 0 unspecified atom stereocenters. The standard InChI is InChI=1S/C20H19ClN2O4S/c1-14-3-6-17(7-4-14)28(25,26)20(9-2-10-20)19(24)27-13-16-12-23-11-15(21)5-8-18(23)22-16/h3-8,11-12H,2,9-10,13H2,1H3. The van der Waals surface area contributed by atoms with Gasteiger partial charge < -0.3 is 9.14 Å². The van der Waals surface area contributed by atoms with Crippen molar-refractivity contribution in [2.75, 3.05) is 0 Å². The van der Waals surface area contributed by atoms with Gasteiger partial charge in [0.2, 0.25) is 0 Å². The molecule has 28 heavy (non-hydrogen) atoms. The minimum absolute atomic E-state index is 0.0939. The van der Waals surface area contributed by atoms with Gasteiger partial charge >= 0.3 is 5.97 Å². The normalized spacial score (nSPS) is 15.9. The number of pyridine rings is 1. The second kappa shape index (κ2) is 6.90. The molecular formula is C20H19ClN2O4S. The molecule has 0 bridgehead atoms. The Morgan fingerprint density at radius 3 is 2.54 bits per heavy atom. The van der Waals surface area contributed by atoms with Gasteiger partial charge in [-0.2, -0.15) is 0 Å². The van der Waals surface area contributed by atoms with Gasteiger partial charge in [-0.1, -0.05) is 29.3 Å². The number of carbonyl (C=O) groups excluding carboxylic acids is 1. The number of halogens is 1. The van der Waals surface area contributed by atoms with E-state index in [1.165, 1.54) is 0 Å². The van der Waals surface area contributed by atoms with Crippen LogP contribution in [-0.4, -0.2) is 28.5 Å². The first-order chi connectivity index (χ1) is 13.3. The van der Waals surface area contributed by atoms with E-state index in [1.807, 2.05) is 6.92 Å². The molecule has 6 nitrogen and oxygen atoms in total. The van der Waals surface area contributed by atoms with Crippen LogP contribution in [0.3, 0.4) is 0 Å². The van der Waals surface area contributed by atoms with Crippen LogP contribution >= 0.6 is 11.6 Å². The van der Waals surface area contributed by atoms with Gasteiger partial charge in [-0.25, -0.2) is 13.4 Å². The Bertz CT molecular complexity index is 1150. The van der Waals surface area contributed by atoms with Crippen molar-refractivity contribution in [2.24, 2.45) is 0 Å². The number of nitrogens with zero attached hydrogens (tertiary/aromatic N) is 2. The Balaban J connectivity index is 1.55. The van der Waals surface area contributed by atoms with Crippen LogP contribution in [0.4, 0.5) is 0 Å². The molecule has 0 radical (unpaired) electrons. The molecule has 2 heterocycles. The summed E-state index contributed by atoms with van der Waals surface area (Å²) in [5.74, 6) is -0.714. The fourth-order valence-electron chi connectivity index (χ4n) is 3.38. The quantitative estimate of drug-likeness (QED) is 0.590. The zero-order valence-corrected chi connectivity index (χ0v) is 16.8. The summed E-state index contributed by atoms with van der Waals surface area (Å²) in [6.07, 6.45) is 4.61. The van der Waals surface area contributed by atoms with E-state index in [-0.39, 0.29) is 24.3 Å². The Morgan fingerprint density at radius 1 is 1.18 bits per heavy atom. The van der Waals surface area contributed by atoms with Gasteiger partial charge in [0.15, 0.2) is 14.6 Å². The molecule has 0 aliphatic heterocycles. The summed E-state index contributed by atoms with van der Waals surface area (Å²) in [5.41, 5.74) is 2.15. The zero-order chi connectivity index (χ0) is 19.9. The molecule has 0 saturated heterocycles. The number of carbonyl (C=O) groups is 1. The Hall–Kier alpha value is -2.38. The van der Waals surface area contributed by atoms with Gasteiger partial charge in [0.05, 0.1) is 15.6 Å². The Kier molecular flexibility index (Phi) is 4.67. The highest BCUT2D eigenvalue weighted by molar-refractivity contribution is 7.93. The number of esters is 1. The van der Waals surface area contributed by atoms with E-state index in [0.29, 0.717) is 22.8 Å². The molecule has 0 atom stereocenters. The molecule has 2 aromatic heterocycles. The molecule has 3 aromatic rings. The van der Waals surface area contributed by atoms with Gasteiger partial charge in [0.1, 0.15) is 12.3 Å². The third-order valence-corrected chi connectivity index (χ3v) is 7.91. The van der Waals surface area contributed by atoms with Crippen LogP contribution in [0, 0.1) is 6.92 Å². The SMILES string of the molecule is Cc1ccc(S(=O)(=O)C2(C(=O)OCc3cn4cc(Cl)ccc4n3)CCC2)cc1. The number of hydrogen-bond acceptors (Lipinski definition) is 5. The molecule has 1 saturated carbocycles. The first kappa shape index (κ1) is 19.0. The summed E-state index contributed by atoms with van der Waals surface area (Å²) in [6.45, 7) is 1.79. The van der Waals surface area contributed by atoms with Gasteiger partial charge in [0.25, 0.3) is 0 Å². The van der Waals surface area contributed by atoms with Crippen molar-refractivity contribution in [3.63, 3.8) is 0 Å². The van der Waals surface area contributed by atoms with E-state index in [4.69, 9.17) is 16.3 Å². The number of hydrogen-bond donors (Lipinski definition) is 0. The lowest BCUT2D eigenvalue weighted by Gasteiger charge is -2.38. The molecule has 1 fully saturated rings. The van der Waals surface area contributed by atoms with Crippen LogP contribution in [0.2, 0.25) is 5.02 Å². The number of aryl methyl sites for hydroxylation is 1. The smallest absolute Gasteiger partial charge is 0.328 e. The van der Waals surface area contributed by atoms with Crippen LogP contribution in [0.25, 0.3) is 5.65 Å². The number of sulfone groups is 1. The topological polar surface area (TPSA) is 77.7 Å². The molecule has 4 rings (SSSR count).